The van der Waals surface area contributed by atoms with E-state index in [1.165, 1.54) is 0 Å². The molecule has 1 unspecified atom stereocenters. The second kappa shape index (κ2) is 10.3. The van der Waals surface area contributed by atoms with Crippen LogP contribution in [0.1, 0.15) is 40.0 Å². The number of carbonyl (C=O) groups is 2. The van der Waals surface area contributed by atoms with Gasteiger partial charge in [0.2, 0.25) is 0 Å². The van der Waals surface area contributed by atoms with E-state index in [1.54, 1.807) is 15.9 Å². The lowest BCUT2D eigenvalue weighted by Gasteiger charge is -2.38. The van der Waals surface area contributed by atoms with Crippen molar-refractivity contribution in [3.63, 3.8) is 0 Å². The molecule has 7 nitrogen and oxygen atoms in total. The molecular formula is C31H34N4O3. The van der Waals surface area contributed by atoms with Gasteiger partial charge in [0, 0.05) is 17.3 Å². The van der Waals surface area contributed by atoms with Gasteiger partial charge in [0.1, 0.15) is 0 Å². The van der Waals surface area contributed by atoms with Crippen molar-refractivity contribution in [2.75, 3.05) is 16.8 Å². The molecule has 1 heterocycles. The summed E-state index contributed by atoms with van der Waals surface area (Å²) in [6.45, 7) is 6.47. The molecule has 5 rings (SSSR count). The molecule has 196 valence electrons. The molecule has 0 bridgehead atoms. The van der Waals surface area contributed by atoms with Gasteiger partial charge >= 0.3 is 12.1 Å². The monoisotopic (exact) mass is 510 g/mol. The Bertz CT molecular complexity index is 1470. The van der Waals surface area contributed by atoms with Gasteiger partial charge in [-0.1, -0.05) is 92.6 Å². The molecule has 0 aliphatic carbocycles. The smallest absolute Gasteiger partial charge is 0.315 e. The normalized spacial score (nSPS) is 16.8. The van der Waals surface area contributed by atoms with E-state index in [9.17, 15) is 14.8 Å². The van der Waals surface area contributed by atoms with Gasteiger partial charge in [-0.25, -0.2) is 9.59 Å². The van der Waals surface area contributed by atoms with Crippen molar-refractivity contribution >= 4 is 45.0 Å². The van der Waals surface area contributed by atoms with Crippen molar-refractivity contribution in [2.24, 2.45) is 0 Å². The number of carbonyl (C=O) groups excluding carboxylic acids is 2. The molecule has 7 heteroatoms. The highest BCUT2D eigenvalue weighted by molar-refractivity contribution is 6.06. The highest BCUT2D eigenvalue weighted by Gasteiger charge is 2.56. The molecule has 2 N–H and O–H groups in total. The Morgan fingerprint density at radius 3 is 2.21 bits per heavy atom. The third-order valence-electron chi connectivity index (χ3n) is 7.49. The zero-order valence-corrected chi connectivity index (χ0v) is 22.1. The number of benzene rings is 4. The van der Waals surface area contributed by atoms with Crippen LogP contribution in [0.5, 0.6) is 0 Å². The third kappa shape index (κ3) is 4.43. The van der Waals surface area contributed by atoms with Gasteiger partial charge in [-0.3, -0.25) is 10.1 Å². The summed E-state index contributed by atoms with van der Waals surface area (Å²) in [5.41, 5.74) is 0.374. The number of hydrogen-bond acceptors (Lipinski definition) is 3. The summed E-state index contributed by atoms with van der Waals surface area (Å²) in [7, 11) is 0. The number of unbranched alkanes of at least 4 members (excludes halogenated alkanes) is 2. The molecule has 1 aliphatic rings. The van der Waals surface area contributed by atoms with E-state index in [4.69, 9.17) is 0 Å². The summed E-state index contributed by atoms with van der Waals surface area (Å²) in [4.78, 5) is 30.9. The zero-order valence-electron chi connectivity index (χ0n) is 22.1. The molecule has 0 spiro atoms. The second-order valence-corrected chi connectivity index (χ2v) is 10.3. The number of anilines is 2. The van der Waals surface area contributed by atoms with Crippen LogP contribution in [0.4, 0.5) is 21.0 Å². The number of rotatable bonds is 7. The fraction of sp³-hybridized carbons (Fsp3) is 0.290. The van der Waals surface area contributed by atoms with Crippen molar-refractivity contribution < 1.29 is 14.8 Å². The molecule has 0 saturated carbocycles. The Kier molecular flexibility index (Phi) is 6.95. The highest BCUT2D eigenvalue weighted by Crippen LogP contribution is 2.41. The molecule has 38 heavy (non-hydrogen) atoms. The Morgan fingerprint density at radius 2 is 1.50 bits per heavy atom. The summed E-state index contributed by atoms with van der Waals surface area (Å²) >= 11 is 0. The van der Waals surface area contributed by atoms with Crippen LogP contribution in [-0.2, 0) is 0 Å². The fourth-order valence-electron chi connectivity index (χ4n) is 5.52. The quantitative estimate of drug-likeness (QED) is 0.154. The molecule has 1 saturated heterocycles. The Balaban J connectivity index is 1.55. The molecule has 1 aliphatic heterocycles. The number of hydroxylamine groups is 2. The number of fused-ring (bicyclic) bond motifs is 2. The first-order chi connectivity index (χ1) is 18.3. The van der Waals surface area contributed by atoms with Crippen LogP contribution < -0.4 is 10.2 Å². The van der Waals surface area contributed by atoms with Crippen LogP contribution in [-0.4, -0.2) is 45.5 Å². The average molecular weight is 511 g/mol. The van der Waals surface area contributed by atoms with E-state index in [0.29, 0.717) is 23.0 Å². The average Bonchev–Trinajstić information content (AvgIpc) is 3.12. The molecule has 4 aromatic carbocycles. The SMILES string of the molecule is CCCCCN1C(=O)N(c2cccc3ccccc23)C(N(O)C(=O)Nc2cccc3ccccc23)C1(C)C. The molecule has 1 fully saturated rings. The summed E-state index contributed by atoms with van der Waals surface area (Å²) in [5, 5.41) is 18.7. The number of urea groups is 2. The Morgan fingerprint density at radius 1 is 0.895 bits per heavy atom. The van der Waals surface area contributed by atoms with Crippen molar-refractivity contribution in [3.05, 3.63) is 84.9 Å². The second-order valence-electron chi connectivity index (χ2n) is 10.3. The van der Waals surface area contributed by atoms with Crippen LogP contribution in [0.2, 0.25) is 0 Å². The minimum Gasteiger partial charge on any atom is -0.315 e. The van der Waals surface area contributed by atoms with Crippen molar-refractivity contribution in [1.82, 2.24) is 9.96 Å². The largest absolute Gasteiger partial charge is 0.347 e. The van der Waals surface area contributed by atoms with Gasteiger partial charge in [0.15, 0.2) is 6.17 Å². The van der Waals surface area contributed by atoms with Crippen LogP contribution in [0.25, 0.3) is 21.5 Å². The first-order valence-corrected chi connectivity index (χ1v) is 13.2. The Hall–Kier alpha value is -4.10. The molecule has 4 aromatic rings. The maximum Gasteiger partial charge on any atom is 0.347 e. The topological polar surface area (TPSA) is 76.1 Å². The standard InChI is InChI=1S/C31H34N4O3/c1-4-5-10-21-33-30(37)34(27-20-12-16-23-14-7-9-18-25(23)27)28(31(33,2)3)35(38)29(36)32-26-19-11-15-22-13-6-8-17-24(22)26/h6-9,11-20,28,38H,4-5,10,21H2,1-3H3,(H,32,36). The molecule has 1 atom stereocenters. The molecule has 0 radical (unpaired) electrons. The first kappa shape index (κ1) is 25.5. The van der Waals surface area contributed by atoms with Gasteiger partial charge in [-0.2, -0.15) is 5.06 Å². The van der Waals surface area contributed by atoms with E-state index < -0.39 is 17.7 Å². The van der Waals surface area contributed by atoms with Gasteiger partial charge in [0.05, 0.1) is 16.9 Å². The van der Waals surface area contributed by atoms with Gasteiger partial charge in [-0.05, 0) is 43.2 Å². The van der Waals surface area contributed by atoms with E-state index >= 15 is 0 Å². The van der Waals surface area contributed by atoms with Crippen LogP contribution >= 0.6 is 0 Å². The lowest BCUT2D eigenvalue weighted by atomic mass is 9.98. The van der Waals surface area contributed by atoms with Crippen molar-refractivity contribution in [3.8, 4) is 0 Å². The number of hydrogen-bond donors (Lipinski definition) is 2. The van der Waals surface area contributed by atoms with Crippen molar-refractivity contribution in [1.29, 1.82) is 0 Å². The lowest BCUT2D eigenvalue weighted by Crippen LogP contribution is -2.58. The Labute approximate surface area is 223 Å². The lowest BCUT2D eigenvalue weighted by molar-refractivity contribution is -0.0948. The van der Waals surface area contributed by atoms with Gasteiger partial charge < -0.3 is 10.2 Å². The molecule has 0 aromatic heterocycles. The predicted molar refractivity (Wildman–Crippen MR) is 153 cm³/mol. The predicted octanol–water partition coefficient (Wildman–Crippen LogP) is 7.45. The number of amides is 4. The molecule has 4 amide bonds. The van der Waals surface area contributed by atoms with E-state index in [2.05, 4.69) is 12.2 Å². The summed E-state index contributed by atoms with van der Waals surface area (Å²) in [5.74, 6) is 0. The number of nitrogens with zero attached hydrogens (tertiary/aromatic N) is 3. The first-order valence-electron chi connectivity index (χ1n) is 13.2. The van der Waals surface area contributed by atoms with Crippen LogP contribution in [0.3, 0.4) is 0 Å². The summed E-state index contributed by atoms with van der Waals surface area (Å²) in [6.07, 6.45) is 1.90. The minimum atomic E-state index is -0.961. The maximum atomic E-state index is 14.0. The summed E-state index contributed by atoms with van der Waals surface area (Å²) in [6, 6.07) is 26.0. The van der Waals surface area contributed by atoms with E-state index in [-0.39, 0.29) is 6.03 Å². The highest BCUT2D eigenvalue weighted by atomic mass is 16.5. The van der Waals surface area contributed by atoms with Crippen molar-refractivity contribution in [2.45, 2.75) is 51.7 Å². The number of nitrogens with one attached hydrogen (secondary N) is 1. The van der Waals surface area contributed by atoms with Gasteiger partial charge in [-0.15, -0.1) is 0 Å². The summed E-state index contributed by atoms with van der Waals surface area (Å²) < 4.78 is 0. The van der Waals surface area contributed by atoms with Crippen LogP contribution in [0.15, 0.2) is 84.9 Å². The zero-order chi connectivity index (χ0) is 26.9. The van der Waals surface area contributed by atoms with E-state index in [0.717, 1.165) is 40.8 Å². The van der Waals surface area contributed by atoms with Crippen LogP contribution in [0, 0.1) is 0 Å². The van der Waals surface area contributed by atoms with Gasteiger partial charge in [0.25, 0.3) is 0 Å². The third-order valence-corrected chi connectivity index (χ3v) is 7.49. The maximum absolute atomic E-state index is 14.0. The minimum absolute atomic E-state index is 0.232. The van der Waals surface area contributed by atoms with E-state index in [1.807, 2.05) is 92.7 Å². The molecular weight excluding hydrogens is 476 g/mol. The fourth-order valence-corrected chi connectivity index (χ4v) is 5.52.